The van der Waals surface area contributed by atoms with E-state index in [9.17, 15) is 9.59 Å². The number of methoxy groups -OCH3 is 2. The van der Waals surface area contributed by atoms with Gasteiger partial charge in [-0.1, -0.05) is 30.3 Å². The number of Topliss-reactive ketones (excluding diaryl/α,β-unsaturated/α-hetero) is 1. The van der Waals surface area contributed by atoms with Gasteiger partial charge in [0, 0.05) is 35.2 Å². The summed E-state index contributed by atoms with van der Waals surface area (Å²) in [6, 6.07) is 13.5. The lowest BCUT2D eigenvalue weighted by Gasteiger charge is -2.40. The molecule has 7 nitrogen and oxygen atoms in total. The Morgan fingerprint density at radius 2 is 1.68 bits per heavy atom. The Bertz CT molecular complexity index is 1340. The summed E-state index contributed by atoms with van der Waals surface area (Å²) in [5, 5.41) is 3.44. The summed E-state index contributed by atoms with van der Waals surface area (Å²) in [6.45, 7) is 5.84. The molecule has 2 aliphatic carbocycles. The summed E-state index contributed by atoms with van der Waals surface area (Å²) in [5.74, 6) is 0.434. The number of rotatable bonds is 8. The van der Waals surface area contributed by atoms with Gasteiger partial charge in [-0.3, -0.25) is 4.79 Å². The molecule has 0 saturated heterocycles. The molecule has 1 fully saturated rings. The molecule has 5 rings (SSSR count). The van der Waals surface area contributed by atoms with Gasteiger partial charge in [0.2, 0.25) is 0 Å². The number of ketones is 1. The maximum atomic E-state index is 14.1. The molecular formula is C33H39NO6. The third-order valence-corrected chi connectivity index (χ3v) is 8.11. The molecule has 2 aromatic carbocycles. The quantitative estimate of drug-likeness (QED) is 0.396. The molecular weight excluding hydrogens is 506 g/mol. The molecule has 0 radical (unpaired) electrons. The van der Waals surface area contributed by atoms with Crippen LogP contribution in [0.3, 0.4) is 0 Å². The highest BCUT2D eigenvalue weighted by atomic mass is 16.5. The van der Waals surface area contributed by atoms with Crippen molar-refractivity contribution < 1.29 is 28.5 Å². The molecule has 40 heavy (non-hydrogen) atoms. The van der Waals surface area contributed by atoms with Gasteiger partial charge in [0.25, 0.3) is 0 Å². The second kappa shape index (κ2) is 11.8. The number of carbonyl (C=O) groups excluding carboxylic acids is 2. The zero-order valence-corrected chi connectivity index (χ0v) is 24.0. The molecule has 0 bridgehead atoms. The number of para-hydroxylation sites is 1. The van der Waals surface area contributed by atoms with Crippen LogP contribution >= 0.6 is 0 Å². The molecule has 1 saturated carbocycles. The SMILES string of the molecule is COc1ccc(C2C=C3NC(C)=C(C(=O)OC4CCCC4)C(c4ccccc4OC(C)C)C3C(=O)C2)cc1OC. The number of hydrogen-bond donors (Lipinski definition) is 1. The van der Waals surface area contributed by atoms with E-state index in [1.165, 1.54) is 0 Å². The number of nitrogens with one attached hydrogen (secondary N) is 1. The summed E-state index contributed by atoms with van der Waals surface area (Å²) in [6.07, 6.45) is 6.17. The monoisotopic (exact) mass is 545 g/mol. The van der Waals surface area contributed by atoms with Crippen LogP contribution in [0.25, 0.3) is 0 Å². The number of carbonyl (C=O) groups is 2. The number of esters is 1. The van der Waals surface area contributed by atoms with Crippen LogP contribution in [0, 0.1) is 5.92 Å². The second-order valence-electron chi connectivity index (χ2n) is 11.1. The molecule has 0 amide bonds. The van der Waals surface area contributed by atoms with Crippen LogP contribution in [0.2, 0.25) is 0 Å². The summed E-state index contributed by atoms with van der Waals surface area (Å²) in [7, 11) is 3.21. The maximum Gasteiger partial charge on any atom is 0.336 e. The molecule has 2 aromatic rings. The summed E-state index contributed by atoms with van der Waals surface area (Å²) in [4.78, 5) is 27.8. The second-order valence-corrected chi connectivity index (χ2v) is 11.1. The van der Waals surface area contributed by atoms with Gasteiger partial charge in [-0.15, -0.1) is 0 Å². The zero-order valence-electron chi connectivity index (χ0n) is 24.0. The zero-order chi connectivity index (χ0) is 28.4. The van der Waals surface area contributed by atoms with E-state index in [0.717, 1.165) is 42.5 Å². The van der Waals surface area contributed by atoms with E-state index < -0.39 is 11.8 Å². The highest BCUT2D eigenvalue weighted by Crippen LogP contribution is 2.49. The predicted molar refractivity (Wildman–Crippen MR) is 153 cm³/mol. The Balaban J connectivity index is 1.59. The van der Waals surface area contributed by atoms with Crippen LogP contribution < -0.4 is 19.5 Å². The maximum absolute atomic E-state index is 14.1. The predicted octanol–water partition coefficient (Wildman–Crippen LogP) is 6.19. The lowest BCUT2D eigenvalue weighted by molar-refractivity contribution is -0.144. The number of ether oxygens (including phenoxy) is 4. The molecule has 212 valence electrons. The van der Waals surface area contributed by atoms with Crippen molar-refractivity contribution >= 4 is 11.8 Å². The lowest BCUT2D eigenvalue weighted by atomic mass is 9.68. The van der Waals surface area contributed by atoms with Gasteiger partial charge >= 0.3 is 5.97 Å². The molecule has 3 unspecified atom stereocenters. The Morgan fingerprint density at radius 1 is 0.950 bits per heavy atom. The summed E-state index contributed by atoms with van der Waals surface area (Å²) < 4.78 is 23.1. The highest BCUT2D eigenvalue weighted by Gasteiger charge is 2.46. The van der Waals surface area contributed by atoms with Gasteiger partial charge in [-0.05, 0) is 70.2 Å². The average molecular weight is 546 g/mol. The Kier molecular flexibility index (Phi) is 8.19. The van der Waals surface area contributed by atoms with Crippen molar-refractivity contribution in [3.63, 3.8) is 0 Å². The number of allylic oxidation sites excluding steroid dienone is 3. The van der Waals surface area contributed by atoms with Crippen molar-refractivity contribution in [2.24, 2.45) is 5.92 Å². The first-order valence-corrected chi connectivity index (χ1v) is 14.2. The van der Waals surface area contributed by atoms with Crippen LogP contribution in [0.4, 0.5) is 0 Å². The first-order chi connectivity index (χ1) is 19.3. The minimum absolute atomic E-state index is 0.0617. The molecule has 7 heteroatoms. The van der Waals surface area contributed by atoms with Crippen LogP contribution in [-0.4, -0.2) is 38.2 Å². The molecule has 1 aliphatic heterocycles. The summed E-state index contributed by atoms with van der Waals surface area (Å²) >= 11 is 0. The molecule has 1 N–H and O–H groups in total. The largest absolute Gasteiger partial charge is 0.493 e. The van der Waals surface area contributed by atoms with Gasteiger partial charge in [0.15, 0.2) is 11.5 Å². The average Bonchev–Trinajstić information content (AvgIpc) is 3.44. The van der Waals surface area contributed by atoms with Crippen LogP contribution in [0.1, 0.15) is 75.8 Å². The van der Waals surface area contributed by atoms with E-state index in [1.54, 1.807) is 14.2 Å². The minimum atomic E-state index is -0.553. The fraction of sp³-hybridized carbons (Fsp3) is 0.455. The normalized spacial score (nSPS) is 22.9. The first-order valence-electron chi connectivity index (χ1n) is 14.2. The third-order valence-electron chi connectivity index (χ3n) is 8.11. The molecule has 0 spiro atoms. The van der Waals surface area contributed by atoms with E-state index >= 15 is 0 Å². The standard InChI is InChI=1S/C33H39NO6/c1-19(2)39-27-13-9-8-12-24(27)31-30(33(36)40-23-10-6-7-11-23)20(3)34-25-16-22(17-26(35)32(25)31)21-14-15-28(37-4)29(18-21)38-5/h8-9,12-16,18-19,22-23,31-32,34H,6-7,10-11,17H2,1-5H3. The molecule has 3 aliphatic rings. The number of hydrogen-bond acceptors (Lipinski definition) is 7. The Morgan fingerprint density at radius 3 is 2.38 bits per heavy atom. The molecule has 1 heterocycles. The van der Waals surface area contributed by atoms with Gasteiger partial charge < -0.3 is 24.3 Å². The topological polar surface area (TPSA) is 83.1 Å². The van der Waals surface area contributed by atoms with Gasteiger partial charge in [0.1, 0.15) is 17.6 Å². The van der Waals surface area contributed by atoms with E-state index in [2.05, 4.69) is 11.4 Å². The van der Waals surface area contributed by atoms with Crippen LogP contribution in [0.5, 0.6) is 17.2 Å². The van der Waals surface area contributed by atoms with Crippen molar-refractivity contribution in [3.8, 4) is 17.2 Å². The van der Waals surface area contributed by atoms with Crippen molar-refractivity contribution in [2.75, 3.05) is 14.2 Å². The minimum Gasteiger partial charge on any atom is -0.493 e. The van der Waals surface area contributed by atoms with E-state index in [1.807, 2.05) is 63.2 Å². The highest BCUT2D eigenvalue weighted by molar-refractivity contribution is 5.96. The van der Waals surface area contributed by atoms with Crippen molar-refractivity contribution in [1.82, 2.24) is 5.32 Å². The molecule has 3 atom stereocenters. The Hall–Kier alpha value is -3.74. The van der Waals surface area contributed by atoms with Crippen molar-refractivity contribution in [1.29, 1.82) is 0 Å². The van der Waals surface area contributed by atoms with E-state index in [4.69, 9.17) is 18.9 Å². The van der Waals surface area contributed by atoms with Gasteiger partial charge in [0.05, 0.1) is 31.8 Å². The van der Waals surface area contributed by atoms with Crippen molar-refractivity contribution in [3.05, 3.63) is 76.6 Å². The van der Waals surface area contributed by atoms with E-state index in [-0.39, 0.29) is 29.9 Å². The number of fused-ring (bicyclic) bond motifs is 1. The summed E-state index contributed by atoms with van der Waals surface area (Å²) in [5.41, 5.74) is 3.80. The van der Waals surface area contributed by atoms with Gasteiger partial charge in [-0.2, -0.15) is 0 Å². The van der Waals surface area contributed by atoms with Crippen molar-refractivity contribution in [2.45, 2.75) is 76.9 Å². The van der Waals surface area contributed by atoms with Crippen LogP contribution in [-0.2, 0) is 14.3 Å². The smallest absolute Gasteiger partial charge is 0.336 e. The number of benzene rings is 2. The van der Waals surface area contributed by atoms with E-state index in [0.29, 0.717) is 34.9 Å². The molecule has 0 aromatic heterocycles. The Labute approximate surface area is 236 Å². The lowest BCUT2D eigenvalue weighted by Crippen LogP contribution is -2.42. The fourth-order valence-corrected chi connectivity index (χ4v) is 6.30. The fourth-order valence-electron chi connectivity index (χ4n) is 6.30. The first kappa shape index (κ1) is 27.8. The third kappa shape index (κ3) is 5.47. The van der Waals surface area contributed by atoms with Crippen LogP contribution in [0.15, 0.2) is 65.5 Å². The van der Waals surface area contributed by atoms with Gasteiger partial charge in [-0.25, -0.2) is 4.79 Å².